The summed E-state index contributed by atoms with van der Waals surface area (Å²) in [5, 5.41) is 5.94. The number of imidazole rings is 1. The number of aromatic nitrogens is 3. The van der Waals surface area contributed by atoms with Gasteiger partial charge in [0.05, 0.1) is 22.3 Å². The lowest BCUT2D eigenvalue weighted by Gasteiger charge is -2.19. The van der Waals surface area contributed by atoms with Gasteiger partial charge in [0.25, 0.3) is 0 Å². The van der Waals surface area contributed by atoms with Crippen LogP contribution in [0.15, 0.2) is 73.0 Å². The highest BCUT2D eigenvalue weighted by Crippen LogP contribution is 2.30. The minimum Gasteiger partial charge on any atom is -0.371 e. The van der Waals surface area contributed by atoms with E-state index in [4.69, 9.17) is 9.97 Å². The Labute approximate surface area is 430 Å². The average Bonchev–Trinajstić information content (AvgIpc) is 4.15. The van der Waals surface area contributed by atoms with Crippen LogP contribution in [0.4, 0.5) is 20.4 Å². The molecule has 4 aromatic rings. The van der Waals surface area contributed by atoms with Gasteiger partial charge in [0, 0.05) is 67.9 Å². The van der Waals surface area contributed by atoms with Gasteiger partial charge in [0.15, 0.2) is 5.71 Å². The van der Waals surface area contributed by atoms with Crippen LogP contribution in [0, 0.1) is 37.3 Å². The van der Waals surface area contributed by atoms with Gasteiger partial charge in [0.2, 0.25) is 12.4 Å². The Morgan fingerprint density at radius 3 is 2.04 bits per heavy atom. The molecule has 394 valence electrons. The molecule has 71 heavy (non-hydrogen) atoms. The third kappa shape index (κ3) is 22.5. The third-order valence-corrected chi connectivity index (χ3v) is 13.5. The van der Waals surface area contributed by atoms with Crippen LogP contribution < -0.4 is 15.5 Å². The first-order chi connectivity index (χ1) is 34.0. The number of nitrogens with zero attached hydrogens (tertiary/aromatic N) is 5. The molecule has 2 N–H and O–H groups in total. The summed E-state index contributed by atoms with van der Waals surface area (Å²) in [7, 11) is 4.19. The van der Waals surface area contributed by atoms with Crippen molar-refractivity contribution < 1.29 is 18.2 Å². The number of allylic oxidation sites excluding steroid dienone is 2. The summed E-state index contributed by atoms with van der Waals surface area (Å²) in [5.74, 6) is 1.35. The largest absolute Gasteiger partial charge is 0.371 e. The van der Waals surface area contributed by atoms with E-state index in [0.29, 0.717) is 18.0 Å². The number of amides is 1. The molecule has 0 bridgehead atoms. The fraction of sp³-hybridized carbons (Fsp3) is 0.574. The first kappa shape index (κ1) is 62.0. The van der Waals surface area contributed by atoms with E-state index in [1.165, 1.54) is 105 Å². The van der Waals surface area contributed by atoms with Gasteiger partial charge in [-0.25, -0.2) is 18.3 Å². The van der Waals surface area contributed by atoms with Crippen LogP contribution in [0.3, 0.4) is 0 Å². The molecule has 2 atom stereocenters. The standard InChI is InChI=1S/C26H32N5.C11H13F2N.C8H18.C7H13NO.C5H10.C4H10/c1-8-20-11-12-30(6)19(5)25(20)23-15-21(14-17(3)27-23)18(4)28-26-29-22-10-9-16(2)13-24(22)31(26)7;1-8-2-3-14(7-8)11-5-9(12)4-10(13)6-11;1-4-6-7-8(3)5-2;1-3-4-5-7(2)8-6-9;1-2-4-5-3-1;1-3-4-2/h9-10,13-15H,4,8,11-12H2,1-3,5-7H3,(H,28,29);4-6,8H,2-3,7H2,1H3;8H,4-7H2,1-3H3;6H,2-5H2,1H3,(H,8,9);1-5H2;3-4H2,1-2H3/q+1;;;;;. The van der Waals surface area contributed by atoms with E-state index in [2.05, 4.69) is 140 Å². The van der Waals surface area contributed by atoms with Gasteiger partial charge < -0.3 is 20.1 Å². The number of nitrogens with one attached hydrogen (secondary N) is 2. The maximum atomic E-state index is 12.9. The van der Waals surface area contributed by atoms with E-state index in [0.717, 1.165) is 115 Å². The number of benzene rings is 2. The molecule has 0 radical (unpaired) electrons. The first-order valence-corrected chi connectivity index (χ1v) is 27.2. The number of pyridine rings is 1. The fourth-order valence-corrected chi connectivity index (χ4v) is 8.43. The molecule has 2 aromatic carbocycles. The number of unbranched alkanes of at least 4 members (excludes halogenated alkanes) is 3. The molecule has 1 aliphatic carbocycles. The van der Waals surface area contributed by atoms with Crippen LogP contribution in [0.5, 0.6) is 0 Å². The zero-order valence-corrected chi connectivity index (χ0v) is 46.8. The van der Waals surface area contributed by atoms with E-state index in [1.807, 2.05) is 18.9 Å². The smallest absolute Gasteiger partial charge is 0.211 e. The second kappa shape index (κ2) is 34.3. The molecule has 2 unspecified atom stereocenters. The van der Waals surface area contributed by atoms with Crippen molar-refractivity contribution in [3.05, 3.63) is 107 Å². The van der Waals surface area contributed by atoms with E-state index in [9.17, 15) is 13.6 Å². The Morgan fingerprint density at radius 2 is 1.51 bits per heavy atom. The summed E-state index contributed by atoms with van der Waals surface area (Å²) in [4.78, 5) is 21.5. The summed E-state index contributed by atoms with van der Waals surface area (Å²) < 4.78 is 30.2. The Morgan fingerprint density at radius 1 is 0.873 bits per heavy atom. The molecular weight excluding hydrogens is 885 g/mol. The van der Waals surface area contributed by atoms with Crippen molar-refractivity contribution in [2.45, 2.75) is 185 Å². The molecule has 3 aliphatic rings. The molecule has 8 nitrogen and oxygen atoms in total. The maximum absolute atomic E-state index is 12.9. The highest BCUT2D eigenvalue weighted by atomic mass is 19.1. The number of fused-ring (bicyclic) bond motifs is 1. The Bertz CT molecular complexity index is 2260. The summed E-state index contributed by atoms with van der Waals surface area (Å²) in [6.45, 7) is 34.9. The van der Waals surface area contributed by atoms with Gasteiger partial charge in [0.1, 0.15) is 25.2 Å². The topological polar surface area (TPSA) is 78.1 Å². The molecular formula is C61H96F2N7O+. The lowest BCUT2D eigenvalue weighted by atomic mass is 9.92. The monoisotopic (exact) mass is 981 g/mol. The van der Waals surface area contributed by atoms with Crippen molar-refractivity contribution >= 4 is 46.1 Å². The van der Waals surface area contributed by atoms with Crippen molar-refractivity contribution in [2.24, 2.45) is 18.9 Å². The number of hydrogen-bond acceptors (Lipinski definition) is 5. The molecule has 7 rings (SSSR count). The quantitative estimate of drug-likeness (QED) is 0.0864. The Hall–Kier alpha value is -5.12. The van der Waals surface area contributed by atoms with Gasteiger partial charge in [-0.3, -0.25) is 9.78 Å². The summed E-state index contributed by atoms with van der Waals surface area (Å²) in [6, 6.07) is 14.2. The predicted molar refractivity (Wildman–Crippen MR) is 304 cm³/mol. The van der Waals surface area contributed by atoms with Crippen molar-refractivity contribution in [1.82, 2.24) is 19.9 Å². The number of carbonyl (C=O) groups is 1. The second-order valence-electron chi connectivity index (χ2n) is 19.9. The van der Waals surface area contributed by atoms with Crippen molar-refractivity contribution in [3.63, 3.8) is 0 Å². The summed E-state index contributed by atoms with van der Waals surface area (Å²) >= 11 is 0. The third-order valence-electron chi connectivity index (χ3n) is 13.5. The SMILES string of the molecule is C1CCCC1.C=C(CCCC)NC=O.C=C(Nc1nc2ccc(C)cc2n1C)c1cc(C)nc(C2=C(CC)CC[N+](C)=C2C)c1.CC1CCN(c2cc(F)cc(F)c2)C1.CCCC.CCCCC(C)CC. The van der Waals surface area contributed by atoms with E-state index in [-0.39, 0.29) is 0 Å². The lowest BCUT2D eigenvalue weighted by molar-refractivity contribution is -0.497. The van der Waals surface area contributed by atoms with Gasteiger partial charge in [-0.15, -0.1) is 0 Å². The zero-order chi connectivity index (χ0) is 52.9. The number of aryl methyl sites for hydroxylation is 3. The van der Waals surface area contributed by atoms with Crippen molar-refractivity contribution in [1.29, 1.82) is 0 Å². The minimum atomic E-state index is -0.500. The number of carbonyl (C=O) groups excluding carboxylic acids is 1. The fourth-order valence-electron chi connectivity index (χ4n) is 8.43. The molecule has 10 heteroatoms. The Kier molecular flexibility index (Phi) is 29.9. The van der Waals surface area contributed by atoms with Crippen LogP contribution in [0.2, 0.25) is 0 Å². The van der Waals surface area contributed by atoms with Crippen molar-refractivity contribution in [3.8, 4) is 0 Å². The van der Waals surface area contributed by atoms with Gasteiger partial charge in [-0.05, 0) is 98.9 Å². The van der Waals surface area contributed by atoms with Crippen LogP contribution in [-0.2, 0) is 11.8 Å². The molecule has 0 spiro atoms. The molecule has 2 fully saturated rings. The van der Waals surface area contributed by atoms with Crippen LogP contribution in [0.1, 0.15) is 194 Å². The number of anilines is 2. The zero-order valence-electron chi connectivity index (χ0n) is 46.8. The predicted octanol–water partition coefficient (Wildman–Crippen LogP) is 16.6. The average molecular weight is 981 g/mol. The summed E-state index contributed by atoms with van der Waals surface area (Å²) in [5.41, 5.74) is 12.7. The molecule has 1 amide bonds. The normalized spacial score (nSPS) is 15.4. The first-order valence-electron chi connectivity index (χ1n) is 27.2. The van der Waals surface area contributed by atoms with Crippen LogP contribution in [-0.4, -0.2) is 57.9 Å². The molecule has 1 saturated heterocycles. The number of hydrogen-bond donors (Lipinski definition) is 2. The molecule has 1 saturated carbocycles. The van der Waals surface area contributed by atoms with Crippen LogP contribution >= 0.6 is 0 Å². The Balaban J connectivity index is 0.000000354. The highest BCUT2D eigenvalue weighted by molar-refractivity contribution is 6.21. The number of halogens is 2. The molecule has 2 aromatic heterocycles. The second-order valence-corrected chi connectivity index (χ2v) is 19.9. The van der Waals surface area contributed by atoms with Crippen molar-refractivity contribution in [2.75, 3.05) is 36.9 Å². The van der Waals surface area contributed by atoms with E-state index >= 15 is 0 Å². The minimum absolute atomic E-state index is 0.500. The molecule has 4 heterocycles. The lowest BCUT2D eigenvalue weighted by Crippen LogP contribution is -2.24. The van der Waals surface area contributed by atoms with E-state index < -0.39 is 11.6 Å². The van der Waals surface area contributed by atoms with Gasteiger partial charge in [-0.1, -0.05) is 152 Å². The summed E-state index contributed by atoms with van der Waals surface area (Å²) in [6.07, 6.45) is 22.7. The molecule has 2 aliphatic heterocycles. The highest BCUT2D eigenvalue weighted by Gasteiger charge is 2.25. The van der Waals surface area contributed by atoms with E-state index in [1.54, 1.807) is 0 Å². The maximum Gasteiger partial charge on any atom is 0.211 e. The van der Waals surface area contributed by atoms with Gasteiger partial charge >= 0.3 is 0 Å². The van der Waals surface area contributed by atoms with Crippen LogP contribution in [0.25, 0.3) is 22.3 Å². The van der Waals surface area contributed by atoms with Gasteiger partial charge in [-0.2, -0.15) is 0 Å². The number of rotatable bonds is 16.